The highest BCUT2D eigenvalue weighted by Gasteiger charge is 2.62. The predicted octanol–water partition coefficient (Wildman–Crippen LogP) is 4.50. The summed E-state index contributed by atoms with van der Waals surface area (Å²) in [5.74, 6) is 5.45. The highest BCUT2D eigenvalue weighted by atomic mass is 19.4. The van der Waals surface area contributed by atoms with E-state index >= 15 is 0 Å². The van der Waals surface area contributed by atoms with Crippen LogP contribution in [0.2, 0.25) is 0 Å². The van der Waals surface area contributed by atoms with Crippen molar-refractivity contribution in [3.8, 4) is 11.8 Å². The summed E-state index contributed by atoms with van der Waals surface area (Å²) in [7, 11) is 0. The van der Waals surface area contributed by atoms with Crippen molar-refractivity contribution < 1.29 is 13.2 Å². The molecule has 0 heterocycles. The van der Waals surface area contributed by atoms with Crippen molar-refractivity contribution >= 4 is 0 Å². The summed E-state index contributed by atoms with van der Waals surface area (Å²) in [6, 6.07) is 7.43. The largest absolute Gasteiger partial charge is 0.405 e. The molecule has 1 fully saturated rings. The maximum Gasteiger partial charge on any atom is 0.405 e. The van der Waals surface area contributed by atoms with E-state index in [-0.39, 0.29) is 12.8 Å². The van der Waals surface area contributed by atoms with E-state index in [0.717, 1.165) is 5.56 Å². The van der Waals surface area contributed by atoms with Crippen LogP contribution >= 0.6 is 0 Å². The molecule has 2 rings (SSSR count). The van der Waals surface area contributed by atoms with Crippen LogP contribution in [0.15, 0.2) is 24.3 Å². The number of benzene rings is 1. The van der Waals surface area contributed by atoms with Crippen molar-refractivity contribution in [3.63, 3.8) is 0 Å². The fourth-order valence-corrected chi connectivity index (χ4v) is 1.77. The monoisotopic (exact) mass is 252 g/mol. The molecule has 18 heavy (non-hydrogen) atoms. The number of hydrogen-bond donors (Lipinski definition) is 0. The maximum atomic E-state index is 12.7. The first-order valence-corrected chi connectivity index (χ1v) is 6.04. The Kier molecular flexibility index (Phi) is 3.14. The minimum atomic E-state index is -4.20. The molecule has 1 aliphatic rings. The van der Waals surface area contributed by atoms with Crippen molar-refractivity contribution in [1.82, 2.24) is 0 Å². The Morgan fingerprint density at radius 1 is 1.22 bits per heavy atom. The van der Waals surface area contributed by atoms with Gasteiger partial charge in [-0.05, 0) is 36.5 Å². The second kappa shape index (κ2) is 4.35. The predicted molar refractivity (Wildman–Crippen MR) is 65.1 cm³/mol. The molecule has 0 nitrogen and oxygen atoms in total. The average molecular weight is 252 g/mol. The van der Waals surface area contributed by atoms with Crippen LogP contribution in [-0.2, 0) is 0 Å². The lowest BCUT2D eigenvalue weighted by Crippen LogP contribution is -2.22. The highest BCUT2D eigenvalue weighted by Crippen LogP contribution is 2.57. The second-order valence-electron chi connectivity index (χ2n) is 5.11. The van der Waals surface area contributed by atoms with Crippen molar-refractivity contribution in [2.24, 2.45) is 5.41 Å². The molecule has 0 atom stereocenters. The third-order valence-electron chi connectivity index (χ3n) is 3.29. The SMILES string of the molecule is CC(C)c1cccc(C#CC2(C(F)(F)F)CC2)c1. The lowest BCUT2D eigenvalue weighted by Gasteiger charge is -2.11. The Morgan fingerprint density at radius 2 is 1.89 bits per heavy atom. The fraction of sp³-hybridized carbons (Fsp3) is 0.467. The van der Waals surface area contributed by atoms with Gasteiger partial charge in [0.05, 0.1) is 0 Å². The third-order valence-corrected chi connectivity index (χ3v) is 3.29. The number of hydrogen-bond acceptors (Lipinski definition) is 0. The molecule has 0 radical (unpaired) electrons. The summed E-state index contributed by atoms with van der Waals surface area (Å²) in [5, 5.41) is 0. The fourth-order valence-electron chi connectivity index (χ4n) is 1.77. The molecule has 0 aliphatic heterocycles. The molecule has 0 spiro atoms. The van der Waals surface area contributed by atoms with E-state index in [1.807, 2.05) is 32.0 Å². The zero-order valence-electron chi connectivity index (χ0n) is 10.4. The van der Waals surface area contributed by atoms with Gasteiger partial charge in [-0.15, -0.1) is 0 Å². The molecule has 0 unspecified atom stereocenters. The van der Waals surface area contributed by atoms with Gasteiger partial charge in [0, 0.05) is 5.56 Å². The summed E-state index contributed by atoms with van der Waals surface area (Å²) in [6.07, 6.45) is -3.93. The Morgan fingerprint density at radius 3 is 2.39 bits per heavy atom. The van der Waals surface area contributed by atoms with Gasteiger partial charge in [0.15, 0.2) is 0 Å². The highest BCUT2D eigenvalue weighted by molar-refractivity contribution is 5.40. The van der Waals surface area contributed by atoms with Crippen LogP contribution in [0.4, 0.5) is 13.2 Å². The van der Waals surface area contributed by atoms with Gasteiger partial charge in [-0.1, -0.05) is 37.8 Å². The number of rotatable bonds is 1. The van der Waals surface area contributed by atoms with E-state index in [2.05, 4.69) is 11.8 Å². The zero-order chi connectivity index (χ0) is 13.4. The topological polar surface area (TPSA) is 0 Å². The van der Waals surface area contributed by atoms with Crippen molar-refractivity contribution in [1.29, 1.82) is 0 Å². The maximum absolute atomic E-state index is 12.7. The van der Waals surface area contributed by atoms with Crippen molar-refractivity contribution in [2.75, 3.05) is 0 Å². The van der Waals surface area contributed by atoms with Crippen LogP contribution in [-0.4, -0.2) is 6.18 Å². The lowest BCUT2D eigenvalue weighted by molar-refractivity contribution is -0.168. The van der Waals surface area contributed by atoms with Crippen LogP contribution < -0.4 is 0 Å². The molecule has 1 aliphatic carbocycles. The van der Waals surface area contributed by atoms with E-state index in [1.165, 1.54) is 0 Å². The van der Waals surface area contributed by atoms with Gasteiger partial charge in [-0.3, -0.25) is 0 Å². The van der Waals surface area contributed by atoms with Gasteiger partial charge in [0.2, 0.25) is 0 Å². The third kappa shape index (κ3) is 2.53. The van der Waals surface area contributed by atoms with Gasteiger partial charge in [-0.2, -0.15) is 13.2 Å². The molecule has 1 aromatic carbocycles. The van der Waals surface area contributed by atoms with E-state index in [9.17, 15) is 13.2 Å². The first-order valence-electron chi connectivity index (χ1n) is 6.04. The Hall–Kier alpha value is -1.43. The first-order chi connectivity index (χ1) is 8.34. The average Bonchev–Trinajstić information content (AvgIpc) is 3.07. The molecule has 0 bridgehead atoms. The molecule has 0 saturated heterocycles. The molecule has 3 heteroatoms. The number of halogens is 3. The van der Waals surface area contributed by atoms with Crippen molar-refractivity contribution in [3.05, 3.63) is 35.4 Å². The summed E-state index contributed by atoms with van der Waals surface area (Å²) in [5.41, 5.74) is 0.0243. The summed E-state index contributed by atoms with van der Waals surface area (Å²) in [4.78, 5) is 0. The molecule has 96 valence electrons. The van der Waals surface area contributed by atoms with E-state index in [1.54, 1.807) is 6.07 Å². The summed E-state index contributed by atoms with van der Waals surface area (Å²) < 4.78 is 38.1. The molecule has 1 saturated carbocycles. The van der Waals surface area contributed by atoms with E-state index < -0.39 is 11.6 Å². The summed E-state index contributed by atoms with van der Waals surface area (Å²) in [6.45, 7) is 4.09. The van der Waals surface area contributed by atoms with Gasteiger partial charge >= 0.3 is 6.18 Å². The van der Waals surface area contributed by atoms with Crippen LogP contribution in [0.3, 0.4) is 0 Å². The normalized spacial score (nSPS) is 17.2. The molecule has 0 aromatic heterocycles. The molecule has 0 N–H and O–H groups in total. The molecule has 1 aromatic rings. The van der Waals surface area contributed by atoms with Gasteiger partial charge in [0.1, 0.15) is 5.41 Å². The van der Waals surface area contributed by atoms with Gasteiger partial charge in [-0.25, -0.2) is 0 Å². The van der Waals surface area contributed by atoms with E-state index in [0.29, 0.717) is 11.5 Å². The number of alkyl halides is 3. The van der Waals surface area contributed by atoms with Crippen LogP contribution in [0.25, 0.3) is 0 Å². The lowest BCUT2D eigenvalue weighted by atomic mass is 10.0. The molecule has 0 amide bonds. The van der Waals surface area contributed by atoms with Crippen molar-refractivity contribution in [2.45, 2.75) is 38.8 Å². The standard InChI is InChI=1S/C15H15F3/c1-11(2)13-5-3-4-12(10-13)6-7-14(8-9-14)15(16,17)18/h3-5,10-11H,8-9H2,1-2H3. The van der Waals surface area contributed by atoms with Crippen LogP contribution in [0.1, 0.15) is 43.7 Å². The molecular weight excluding hydrogens is 237 g/mol. The second-order valence-corrected chi connectivity index (χ2v) is 5.11. The Balaban J connectivity index is 2.23. The van der Waals surface area contributed by atoms with Gasteiger partial charge in [0.25, 0.3) is 0 Å². The first kappa shape index (κ1) is 13.0. The van der Waals surface area contributed by atoms with Gasteiger partial charge < -0.3 is 0 Å². The quantitative estimate of drug-likeness (QED) is 0.645. The Labute approximate surface area is 105 Å². The molecular formula is C15H15F3. The van der Waals surface area contributed by atoms with E-state index in [4.69, 9.17) is 0 Å². The van der Waals surface area contributed by atoms with Crippen LogP contribution in [0.5, 0.6) is 0 Å². The minimum Gasteiger partial charge on any atom is -0.169 e. The van der Waals surface area contributed by atoms with Crippen LogP contribution in [0, 0.1) is 17.3 Å². The summed E-state index contributed by atoms with van der Waals surface area (Å²) >= 11 is 0. The smallest absolute Gasteiger partial charge is 0.169 e. The zero-order valence-corrected chi connectivity index (χ0v) is 10.4. The Bertz CT molecular complexity index is 496. The minimum absolute atomic E-state index is 0.132.